The zero-order valence-corrected chi connectivity index (χ0v) is 14.1. The number of hydrogen-bond donors (Lipinski definition) is 2. The van der Waals surface area contributed by atoms with Crippen LogP contribution in [0.2, 0.25) is 0 Å². The van der Waals surface area contributed by atoms with Gasteiger partial charge in [-0.25, -0.2) is 9.78 Å². The first kappa shape index (κ1) is 16.3. The molecule has 0 radical (unpaired) electrons. The number of benzene rings is 1. The Morgan fingerprint density at radius 2 is 2.14 bits per heavy atom. The zero-order chi connectivity index (χ0) is 16.1. The van der Waals surface area contributed by atoms with Crippen LogP contribution >= 0.6 is 11.3 Å². The topological polar surface area (TPSA) is 63.2 Å². The highest BCUT2D eigenvalue weighted by Crippen LogP contribution is 2.22. The molecule has 0 saturated heterocycles. The Morgan fingerprint density at radius 3 is 2.73 bits per heavy atom. The van der Waals surface area contributed by atoms with E-state index in [1.165, 1.54) is 11.3 Å². The highest BCUT2D eigenvalue weighted by Gasteiger charge is 2.08. The molecule has 1 aromatic carbocycles. The van der Waals surface area contributed by atoms with E-state index >= 15 is 0 Å². The van der Waals surface area contributed by atoms with E-state index in [9.17, 15) is 4.79 Å². The maximum Gasteiger partial charge on any atom is 0.319 e. The van der Waals surface area contributed by atoms with Crippen LogP contribution in [0.1, 0.15) is 30.0 Å². The minimum atomic E-state index is -0.228. The highest BCUT2D eigenvalue weighted by atomic mass is 32.1. The van der Waals surface area contributed by atoms with Crippen LogP contribution in [0.5, 0.6) is 5.75 Å². The summed E-state index contributed by atoms with van der Waals surface area (Å²) < 4.78 is 5.63. The summed E-state index contributed by atoms with van der Waals surface area (Å²) in [6, 6.07) is 5.40. The van der Waals surface area contributed by atoms with Crippen molar-refractivity contribution in [1.29, 1.82) is 0 Å². The van der Waals surface area contributed by atoms with Gasteiger partial charge in [0.25, 0.3) is 0 Å². The van der Waals surface area contributed by atoms with E-state index < -0.39 is 0 Å². The monoisotopic (exact) mass is 319 g/mol. The Bertz CT molecular complexity index is 653. The Kier molecular flexibility index (Phi) is 5.38. The van der Waals surface area contributed by atoms with Gasteiger partial charge in [0.05, 0.1) is 23.9 Å². The van der Waals surface area contributed by atoms with Crippen molar-refractivity contribution in [1.82, 2.24) is 10.3 Å². The lowest BCUT2D eigenvalue weighted by atomic mass is 10.2. The van der Waals surface area contributed by atoms with Crippen LogP contribution in [0, 0.1) is 13.8 Å². The van der Waals surface area contributed by atoms with Crippen molar-refractivity contribution in [2.75, 3.05) is 5.32 Å². The highest BCUT2D eigenvalue weighted by molar-refractivity contribution is 7.09. The fraction of sp³-hybridized carbons (Fsp3) is 0.375. The molecule has 5 nitrogen and oxygen atoms in total. The normalized spacial score (nSPS) is 10.6. The van der Waals surface area contributed by atoms with Crippen molar-refractivity contribution >= 4 is 23.1 Å². The number of nitrogens with one attached hydrogen (secondary N) is 2. The molecule has 0 saturated carbocycles. The van der Waals surface area contributed by atoms with Crippen LogP contribution in [0.4, 0.5) is 10.5 Å². The number of thiazole rings is 1. The first-order valence-electron chi connectivity index (χ1n) is 7.17. The van der Waals surface area contributed by atoms with Crippen molar-refractivity contribution in [2.24, 2.45) is 0 Å². The molecule has 0 aliphatic heterocycles. The van der Waals surface area contributed by atoms with Gasteiger partial charge in [-0.15, -0.1) is 11.3 Å². The maximum absolute atomic E-state index is 12.0. The predicted molar refractivity (Wildman–Crippen MR) is 89.7 cm³/mol. The lowest BCUT2D eigenvalue weighted by Gasteiger charge is -2.13. The average Bonchev–Trinajstić information content (AvgIpc) is 2.84. The van der Waals surface area contributed by atoms with E-state index in [1.54, 1.807) is 5.51 Å². The molecular weight excluding hydrogens is 298 g/mol. The molecule has 0 atom stereocenters. The van der Waals surface area contributed by atoms with Gasteiger partial charge < -0.3 is 15.4 Å². The van der Waals surface area contributed by atoms with Crippen molar-refractivity contribution in [3.63, 3.8) is 0 Å². The molecule has 0 unspecified atom stereocenters. The second-order valence-corrected chi connectivity index (χ2v) is 6.25. The Hall–Kier alpha value is -2.08. The molecule has 1 aromatic heterocycles. The Morgan fingerprint density at radius 1 is 1.36 bits per heavy atom. The van der Waals surface area contributed by atoms with E-state index in [0.29, 0.717) is 6.54 Å². The molecule has 2 aromatic rings. The van der Waals surface area contributed by atoms with Crippen molar-refractivity contribution in [2.45, 2.75) is 40.3 Å². The second-order valence-electron chi connectivity index (χ2n) is 5.31. The summed E-state index contributed by atoms with van der Waals surface area (Å²) in [5.74, 6) is 0.804. The number of rotatable bonds is 5. The van der Waals surface area contributed by atoms with E-state index in [2.05, 4.69) is 15.6 Å². The van der Waals surface area contributed by atoms with E-state index in [1.807, 2.05) is 45.9 Å². The fourth-order valence-electron chi connectivity index (χ4n) is 1.94. The van der Waals surface area contributed by atoms with Gasteiger partial charge in [0.1, 0.15) is 5.75 Å². The molecular formula is C16H21N3O2S. The number of hydrogen-bond acceptors (Lipinski definition) is 4. The minimum Gasteiger partial charge on any atom is -0.491 e. The van der Waals surface area contributed by atoms with Crippen molar-refractivity contribution < 1.29 is 9.53 Å². The van der Waals surface area contributed by atoms with Gasteiger partial charge >= 0.3 is 6.03 Å². The van der Waals surface area contributed by atoms with Gasteiger partial charge in [-0.3, -0.25) is 0 Å². The van der Waals surface area contributed by atoms with Crippen LogP contribution in [-0.2, 0) is 6.54 Å². The number of aromatic nitrogens is 1. The van der Waals surface area contributed by atoms with Crippen LogP contribution in [-0.4, -0.2) is 17.1 Å². The van der Waals surface area contributed by atoms with Crippen molar-refractivity contribution in [3.8, 4) is 5.75 Å². The van der Waals surface area contributed by atoms with E-state index in [0.717, 1.165) is 27.6 Å². The number of ether oxygens (including phenoxy) is 1. The molecule has 2 rings (SSSR count). The van der Waals surface area contributed by atoms with Crippen LogP contribution < -0.4 is 15.4 Å². The molecule has 22 heavy (non-hydrogen) atoms. The molecule has 0 bridgehead atoms. The first-order valence-corrected chi connectivity index (χ1v) is 8.05. The van der Waals surface area contributed by atoms with Crippen LogP contribution in [0.25, 0.3) is 0 Å². The van der Waals surface area contributed by atoms with Gasteiger partial charge in [-0.05, 0) is 51.5 Å². The summed E-state index contributed by atoms with van der Waals surface area (Å²) in [5.41, 5.74) is 4.47. The minimum absolute atomic E-state index is 0.129. The molecule has 0 aliphatic carbocycles. The average molecular weight is 319 g/mol. The number of carbonyl (C=O) groups is 1. The van der Waals surface area contributed by atoms with Gasteiger partial charge in [0.2, 0.25) is 0 Å². The molecule has 2 amide bonds. The van der Waals surface area contributed by atoms with Crippen LogP contribution in [0.15, 0.2) is 23.7 Å². The number of carbonyl (C=O) groups excluding carboxylic acids is 1. The number of nitrogens with zero attached hydrogens (tertiary/aromatic N) is 1. The molecule has 0 spiro atoms. The summed E-state index contributed by atoms with van der Waals surface area (Å²) >= 11 is 1.54. The Labute approximate surface area is 134 Å². The van der Waals surface area contributed by atoms with E-state index in [-0.39, 0.29) is 12.1 Å². The summed E-state index contributed by atoms with van der Waals surface area (Å²) in [4.78, 5) is 17.2. The predicted octanol–water partition coefficient (Wildman–Crippen LogP) is 3.87. The number of amides is 2. The lowest BCUT2D eigenvalue weighted by molar-refractivity contribution is 0.242. The quantitative estimate of drug-likeness (QED) is 0.879. The number of urea groups is 1. The summed E-state index contributed by atoms with van der Waals surface area (Å²) in [6.45, 7) is 8.32. The van der Waals surface area contributed by atoms with E-state index in [4.69, 9.17) is 4.74 Å². The molecule has 1 heterocycles. The number of anilines is 1. The SMILES string of the molecule is Cc1cc(OC(C)C)ccc1NC(=O)NCc1scnc1C. The molecule has 118 valence electrons. The molecule has 0 aliphatic rings. The summed E-state index contributed by atoms with van der Waals surface area (Å²) in [7, 11) is 0. The van der Waals surface area contributed by atoms with Gasteiger partial charge in [0, 0.05) is 10.6 Å². The van der Waals surface area contributed by atoms with Crippen molar-refractivity contribution in [3.05, 3.63) is 39.8 Å². The molecule has 0 fully saturated rings. The van der Waals surface area contributed by atoms with Crippen LogP contribution in [0.3, 0.4) is 0 Å². The summed E-state index contributed by atoms with van der Waals surface area (Å²) in [6.07, 6.45) is 0.129. The third kappa shape index (κ3) is 4.46. The number of aryl methyl sites for hydroxylation is 2. The van der Waals surface area contributed by atoms with Gasteiger partial charge in [-0.2, -0.15) is 0 Å². The zero-order valence-electron chi connectivity index (χ0n) is 13.3. The second kappa shape index (κ2) is 7.26. The standard InChI is InChI=1S/C16H21N3O2S/c1-10(2)21-13-5-6-14(11(3)7-13)19-16(20)17-8-15-12(4)18-9-22-15/h5-7,9-10H,8H2,1-4H3,(H2,17,19,20). The Balaban J connectivity index is 1.92. The lowest BCUT2D eigenvalue weighted by Crippen LogP contribution is -2.28. The maximum atomic E-state index is 12.0. The third-order valence-corrected chi connectivity index (χ3v) is 4.01. The summed E-state index contributed by atoms with van der Waals surface area (Å²) in [5, 5.41) is 5.69. The molecule has 2 N–H and O–H groups in total. The fourth-order valence-corrected chi connectivity index (χ4v) is 2.66. The smallest absolute Gasteiger partial charge is 0.319 e. The largest absolute Gasteiger partial charge is 0.491 e. The van der Waals surface area contributed by atoms with Gasteiger partial charge in [0.15, 0.2) is 0 Å². The van der Waals surface area contributed by atoms with Gasteiger partial charge in [-0.1, -0.05) is 0 Å². The third-order valence-electron chi connectivity index (χ3n) is 3.07. The first-order chi connectivity index (χ1) is 10.5. The molecule has 6 heteroatoms.